The number of amides is 1. The number of rotatable bonds is 5. The van der Waals surface area contributed by atoms with E-state index in [9.17, 15) is 13.6 Å². The molecule has 1 atom stereocenters. The zero-order valence-corrected chi connectivity index (χ0v) is 12.3. The predicted molar refractivity (Wildman–Crippen MR) is 80.0 cm³/mol. The number of halogens is 2. The highest BCUT2D eigenvalue weighted by molar-refractivity contribution is 8.00. The first-order chi connectivity index (χ1) is 10.1. The second-order valence-electron chi connectivity index (χ2n) is 4.54. The molecule has 0 spiro atoms. The van der Waals surface area contributed by atoms with Gasteiger partial charge in [-0.1, -0.05) is 30.3 Å². The fraction of sp³-hybridized carbons (Fsp3) is 0.188. The largest absolute Gasteiger partial charge is 0.351 e. The van der Waals surface area contributed by atoms with Gasteiger partial charge in [0.2, 0.25) is 5.91 Å². The van der Waals surface area contributed by atoms with Crippen molar-refractivity contribution in [2.24, 2.45) is 0 Å². The highest BCUT2D eigenvalue weighted by Gasteiger charge is 2.15. The van der Waals surface area contributed by atoms with E-state index in [0.717, 1.165) is 17.7 Å². The third-order valence-corrected chi connectivity index (χ3v) is 3.98. The fourth-order valence-corrected chi connectivity index (χ4v) is 2.65. The smallest absolute Gasteiger partial charge is 0.233 e. The summed E-state index contributed by atoms with van der Waals surface area (Å²) < 4.78 is 26.0. The van der Waals surface area contributed by atoms with Crippen LogP contribution in [0.15, 0.2) is 53.4 Å². The van der Waals surface area contributed by atoms with Crippen LogP contribution in [-0.2, 0) is 11.3 Å². The molecule has 1 unspecified atom stereocenters. The molecular weight excluding hydrogens is 292 g/mol. The van der Waals surface area contributed by atoms with Crippen molar-refractivity contribution < 1.29 is 13.6 Å². The van der Waals surface area contributed by atoms with Crippen molar-refractivity contribution in [3.05, 3.63) is 65.7 Å². The number of thioether (sulfide) groups is 1. The van der Waals surface area contributed by atoms with E-state index in [1.54, 1.807) is 6.92 Å². The van der Waals surface area contributed by atoms with Crippen LogP contribution < -0.4 is 5.32 Å². The molecular formula is C16H15F2NOS. The summed E-state index contributed by atoms with van der Waals surface area (Å²) in [5, 5.41) is 2.43. The van der Waals surface area contributed by atoms with Crippen LogP contribution in [0.25, 0.3) is 0 Å². The zero-order valence-electron chi connectivity index (χ0n) is 11.5. The molecule has 0 aliphatic rings. The van der Waals surface area contributed by atoms with Gasteiger partial charge < -0.3 is 5.32 Å². The third kappa shape index (κ3) is 4.56. The lowest BCUT2D eigenvalue weighted by Crippen LogP contribution is -2.30. The minimum Gasteiger partial charge on any atom is -0.351 e. The molecule has 110 valence electrons. The van der Waals surface area contributed by atoms with Gasteiger partial charge in [0.05, 0.1) is 5.25 Å². The maximum absolute atomic E-state index is 13.1. The molecule has 1 amide bonds. The molecule has 2 nitrogen and oxygen atoms in total. The summed E-state index contributed by atoms with van der Waals surface area (Å²) in [7, 11) is 0. The lowest BCUT2D eigenvalue weighted by atomic mass is 10.2. The average Bonchev–Trinajstić information content (AvgIpc) is 2.49. The lowest BCUT2D eigenvalue weighted by Gasteiger charge is -2.12. The number of carbonyl (C=O) groups excluding carboxylic acids is 1. The van der Waals surface area contributed by atoms with E-state index < -0.39 is 16.9 Å². The summed E-state index contributed by atoms with van der Waals surface area (Å²) in [6.45, 7) is 2.18. The minimum atomic E-state index is -0.906. The number of benzene rings is 2. The van der Waals surface area contributed by atoms with Gasteiger partial charge >= 0.3 is 0 Å². The van der Waals surface area contributed by atoms with Crippen molar-refractivity contribution in [3.8, 4) is 0 Å². The first kappa shape index (κ1) is 15.5. The Morgan fingerprint density at radius 3 is 2.52 bits per heavy atom. The number of carbonyl (C=O) groups is 1. The molecule has 0 aliphatic carbocycles. The van der Waals surface area contributed by atoms with E-state index in [1.807, 2.05) is 30.3 Å². The minimum absolute atomic E-state index is 0.145. The summed E-state index contributed by atoms with van der Waals surface area (Å²) in [4.78, 5) is 12.5. The van der Waals surface area contributed by atoms with Gasteiger partial charge in [-0.2, -0.15) is 0 Å². The highest BCUT2D eigenvalue weighted by Crippen LogP contribution is 2.24. The van der Waals surface area contributed by atoms with Gasteiger partial charge in [-0.25, -0.2) is 8.78 Å². The molecule has 0 radical (unpaired) electrons. The molecule has 1 N–H and O–H groups in total. The Morgan fingerprint density at radius 1 is 1.14 bits per heavy atom. The molecule has 2 aromatic carbocycles. The van der Waals surface area contributed by atoms with Gasteiger partial charge in [-0.15, -0.1) is 11.8 Å². The quantitative estimate of drug-likeness (QED) is 0.852. The van der Waals surface area contributed by atoms with Crippen molar-refractivity contribution in [3.63, 3.8) is 0 Å². The number of nitrogens with one attached hydrogen (secondary N) is 1. The fourth-order valence-electron chi connectivity index (χ4n) is 1.74. The van der Waals surface area contributed by atoms with Crippen LogP contribution in [0.1, 0.15) is 12.5 Å². The lowest BCUT2D eigenvalue weighted by molar-refractivity contribution is -0.120. The topological polar surface area (TPSA) is 29.1 Å². The summed E-state index contributed by atoms with van der Waals surface area (Å²) in [6, 6.07) is 13.2. The Kier molecular flexibility index (Phi) is 5.33. The zero-order chi connectivity index (χ0) is 15.2. The maximum atomic E-state index is 13.1. The van der Waals surface area contributed by atoms with E-state index in [0.29, 0.717) is 11.4 Å². The Balaban J connectivity index is 1.88. The first-order valence-corrected chi connectivity index (χ1v) is 7.37. The van der Waals surface area contributed by atoms with E-state index in [4.69, 9.17) is 0 Å². The van der Waals surface area contributed by atoms with Gasteiger partial charge in [-0.3, -0.25) is 4.79 Å². The molecule has 0 saturated carbocycles. The standard InChI is InChI=1S/C16H15F2NOS/c1-11(21-13-7-8-14(17)15(18)9-13)16(20)19-10-12-5-3-2-4-6-12/h2-9,11H,10H2,1H3,(H,19,20). The van der Waals surface area contributed by atoms with Gasteiger partial charge in [0.15, 0.2) is 11.6 Å². The van der Waals surface area contributed by atoms with Crippen molar-refractivity contribution in [1.82, 2.24) is 5.32 Å². The molecule has 0 fully saturated rings. The second-order valence-corrected chi connectivity index (χ2v) is 5.95. The van der Waals surface area contributed by atoms with E-state index >= 15 is 0 Å². The number of hydrogen-bond donors (Lipinski definition) is 1. The van der Waals surface area contributed by atoms with Crippen LogP contribution in [0.5, 0.6) is 0 Å². The van der Waals surface area contributed by atoms with Crippen LogP contribution in [-0.4, -0.2) is 11.2 Å². The maximum Gasteiger partial charge on any atom is 0.233 e. The summed E-state index contributed by atoms with van der Waals surface area (Å²) in [5.41, 5.74) is 1.01. The van der Waals surface area contributed by atoms with E-state index in [-0.39, 0.29) is 5.91 Å². The SMILES string of the molecule is CC(Sc1ccc(F)c(F)c1)C(=O)NCc1ccccc1. The van der Waals surface area contributed by atoms with Gasteiger partial charge in [0.25, 0.3) is 0 Å². The molecule has 5 heteroatoms. The van der Waals surface area contributed by atoms with Crippen LogP contribution in [0, 0.1) is 11.6 Å². The average molecular weight is 307 g/mol. The Bertz CT molecular complexity index is 619. The second kappa shape index (κ2) is 7.22. The van der Waals surface area contributed by atoms with Crippen LogP contribution in [0.4, 0.5) is 8.78 Å². The molecule has 0 saturated heterocycles. The van der Waals surface area contributed by atoms with Crippen LogP contribution in [0.2, 0.25) is 0 Å². The summed E-state index contributed by atoms with van der Waals surface area (Å²) in [5.74, 6) is -1.94. The van der Waals surface area contributed by atoms with Crippen LogP contribution >= 0.6 is 11.8 Å². The van der Waals surface area contributed by atoms with Crippen molar-refractivity contribution >= 4 is 17.7 Å². The van der Waals surface area contributed by atoms with Gasteiger partial charge in [-0.05, 0) is 30.7 Å². The molecule has 0 aromatic heterocycles. The molecule has 0 bridgehead atoms. The van der Waals surface area contributed by atoms with E-state index in [1.165, 1.54) is 17.8 Å². The predicted octanol–water partition coefficient (Wildman–Crippen LogP) is 3.76. The van der Waals surface area contributed by atoms with Gasteiger partial charge in [0.1, 0.15) is 0 Å². The van der Waals surface area contributed by atoms with Crippen molar-refractivity contribution in [2.45, 2.75) is 23.6 Å². The number of hydrogen-bond acceptors (Lipinski definition) is 2. The molecule has 2 aromatic rings. The highest BCUT2D eigenvalue weighted by atomic mass is 32.2. The molecule has 2 rings (SSSR count). The summed E-state index contributed by atoms with van der Waals surface area (Å²) >= 11 is 1.19. The third-order valence-electron chi connectivity index (χ3n) is 2.88. The van der Waals surface area contributed by atoms with Crippen LogP contribution in [0.3, 0.4) is 0 Å². The van der Waals surface area contributed by atoms with E-state index in [2.05, 4.69) is 5.32 Å². The van der Waals surface area contributed by atoms with Gasteiger partial charge in [0, 0.05) is 11.4 Å². The normalized spacial score (nSPS) is 12.0. The monoisotopic (exact) mass is 307 g/mol. The molecule has 21 heavy (non-hydrogen) atoms. The molecule has 0 heterocycles. The first-order valence-electron chi connectivity index (χ1n) is 6.49. The molecule has 0 aliphatic heterocycles. The van der Waals surface area contributed by atoms with Crippen molar-refractivity contribution in [1.29, 1.82) is 0 Å². The Morgan fingerprint density at radius 2 is 1.86 bits per heavy atom. The summed E-state index contributed by atoms with van der Waals surface area (Å²) in [6.07, 6.45) is 0. The Labute approximate surface area is 126 Å². The van der Waals surface area contributed by atoms with Crippen molar-refractivity contribution in [2.75, 3.05) is 0 Å². The Hall–Kier alpha value is -1.88.